The van der Waals surface area contributed by atoms with Crippen molar-refractivity contribution in [2.45, 2.75) is 0 Å². The highest BCUT2D eigenvalue weighted by molar-refractivity contribution is 5.93. The molecule has 1 N–H and O–H groups in total. The van der Waals surface area contributed by atoms with Gasteiger partial charge in [-0.05, 0) is 48.5 Å². The van der Waals surface area contributed by atoms with E-state index in [1.807, 2.05) is 23.1 Å². The van der Waals surface area contributed by atoms with Crippen LogP contribution in [0.4, 0.5) is 21.5 Å². The summed E-state index contributed by atoms with van der Waals surface area (Å²) in [6.45, 7) is 2.91. The van der Waals surface area contributed by atoms with E-state index in [1.54, 1.807) is 30.5 Å². The van der Waals surface area contributed by atoms with E-state index in [1.165, 1.54) is 17.8 Å². The third-order valence-corrected chi connectivity index (χ3v) is 4.80. The fourth-order valence-corrected chi connectivity index (χ4v) is 3.29. The van der Waals surface area contributed by atoms with Crippen LogP contribution in [-0.2, 0) is 0 Å². The summed E-state index contributed by atoms with van der Waals surface area (Å²) in [6.07, 6.45) is 1.61. The Morgan fingerprint density at radius 3 is 2.32 bits per heavy atom. The number of benzene rings is 2. The number of nitrogens with one attached hydrogen (secondary N) is 1. The van der Waals surface area contributed by atoms with E-state index in [2.05, 4.69) is 27.3 Å². The number of amides is 1. The van der Waals surface area contributed by atoms with Gasteiger partial charge in [0.15, 0.2) is 0 Å². The molecule has 1 saturated heterocycles. The lowest BCUT2D eigenvalue weighted by Crippen LogP contribution is -2.49. The van der Waals surface area contributed by atoms with Crippen molar-refractivity contribution in [1.29, 1.82) is 0 Å². The number of carbonyl (C=O) groups is 1. The summed E-state index contributed by atoms with van der Waals surface area (Å²) >= 11 is 0. The molecule has 0 aliphatic carbocycles. The molecular weight excluding hydrogens is 355 g/mol. The van der Waals surface area contributed by atoms with Crippen LogP contribution >= 0.6 is 0 Å². The third kappa shape index (κ3) is 4.11. The van der Waals surface area contributed by atoms with Crippen molar-refractivity contribution in [2.75, 3.05) is 36.4 Å². The standard InChI is InChI=1S/C22H21FN4O/c23-17-6-8-18(9-7-17)25-19-10-11-24-21(16-19)22(28)27-14-12-26(13-15-27)20-4-2-1-3-5-20/h1-11,16H,12-15H2,(H,24,25). The Kier molecular flexibility index (Phi) is 5.19. The van der Waals surface area contributed by atoms with E-state index in [-0.39, 0.29) is 11.7 Å². The van der Waals surface area contributed by atoms with Crippen molar-refractivity contribution >= 4 is 23.0 Å². The molecule has 4 rings (SSSR count). The van der Waals surface area contributed by atoms with Crippen molar-refractivity contribution in [1.82, 2.24) is 9.88 Å². The highest BCUT2D eigenvalue weighted by atomic mass is 19.1. The molecular formula is C22H21FN4O. The topological polar surface area (TPSA) is 48.5 Å². The molecule has 142 valence electrons. The molecule has 28 heavy (non-hydrogen) atoms. The average Bonchev–Trinajstić information content (AvgIpc) is 2.76. The first-order chi connectivity index (χ1) is 13.7. The molecule has 3 aromatic rings. The summed E-state index contributed by atoms with van der Waals surface area (Å²) in [4.78, 5) is 21.2. The molecule has 0 saturated carbocycles. The highest BCUT2D eigenvalue weighted by Gasteiger charge is 2.23. The van der Waals surface area contributed by atoms with Crippen molar-refractivity contribution < 1.29 is 9.18 Å². The van der Waals surface area contributed by atoms with Gasteiger partial charge in [-0.3, -0.25) is 9.78 Å². The summed E-state index contributed by atoms with van der Waals surface area (Å²) in [5.74, 6) is -0.360. The van der Waals surface area contributed by atoms with Gasteiger partial charge in [0.2, 0.25) is 0 Å². The second-order valence-electron chi connectivity index (χ2n) is 6.68. The monoisotopic (exact) mass is 376 g/mol. The molecule has 6 heteroatoms. The first-order valence-electron chi connectivity index (χ1n) is 9.27. The molecule has 0 spiro atoms. The van der Waals surface area contributed by atoms with Crippen LogP contribution in [0.2, 0.25) is 0 Å². The molecule has 5 nitrogen and oxygen atoms in total. The van der Waals surface area contributed by atoms with Gasteiger partial charge in [0.1, 0.15) is 11.5 Å². The Morgan fingerprint density at radius 1 is 0.893 bits per heavy atom. The molecule has 2 aromatic carbocycles. The largest absolute Gasteiger partial charge is 0.368 e. The van der Waals surface area contributed by atoms with Crippen LogP contribution in [0.15, 0.2) is 72.9 Å². The smallest absolute Gasteiger partial charge is 0.272 e. The number of rotatable bonds is 4. The Morgan fingerprint density at radius 2 is 1.61 bits per heavy atom. The maximum Gasteiger partial charge on any atom is 0.272 e. The predicted octanol–water partition coefficient (Wildman–Crippen LogP) is 3.93. The summed E-state index contributed by atoms with van der Waals surface area (Å²) < 4.78 is 13.0. The summed E-state index contributed by atoms with van der Waals surface area (Å²) in [6, 6.07) is 19.8. The minimum Gasteiger partial charge on any atom is -0.368 e. The predicted molar refractivity (Wildman–Crippen MR) is 108 cm³/mol. The molecule has 1 fully saturated rings. The molecule has 1 aliphatic rings. The number of halogens is 1. The SMILES string of the molecule is O=C(c1cc(Nc2ccc(F)cc2)ccn1)N1CCN(c2ccccc2)CC1. The van der Waals surface area contributed by atoms with Gasteiger partial charge < -0.3 is 15.1 Å². The van der Waals surface area contributed by atoms with Gasteiger partial charge in [-0.2, -0.15) is 0 Å². The number of piperazine rings is 1. The number of pyridine rings is 1. The summed E-state index contributed by atoms with van der Waals surface area (Å²) in [5.41, 5.74) is 3.08. The van der Waals surface area contributed by atoms with Crippen LogP contribution in [0.25, 0.3) is 0 Å². The van der Waals surface area contributed by atoms with Gasteiger partial charge in [0.25, 0.3) is 5.91 Å². The zero-order valence-corrected chi connectivity index (χ0v) is 15.4. The molecule has 0 unspecified atom stereocenters. The number of nitrogens with zero attached hydrogens (tertiary/aromatic N) is 3. The van der Waals surface area contributed by atoms with E-state index < -0.39 is 0 Å². The third-order valence-electron chi connectivity index (χ3n) is 4.80. The fourth-order valence-electron chi connectivity index (χ4n) is 3.29. The number of hydrogen-bond donors (Lipinski definition) is 1. The quantitative estimate of drug-likeness (QED) is 0.750. The van der Waals surface area contributed by atoms with Crippen LogP contribution in [0, 0.1) is 5.82 Å². The van der Waals surface area contributed by atoms with Crippen LogP contribution < -0.4 is 10.2 Å². The second-order valence-corrected chi connectivity index (χ2v) is 6.68. The van der Waals surface area contributed by atoms with Gasteiger partial charge in [-0.15, -0.1) is 0 Å². The first-order valence-corrected chi connectivity index (χ1v) is 9.27. The van der Waals surface area contributed by atoms with Crippen molar-refractivity contribution in [3.05, 3.63) is 84.4 Å². The van der Waals surface area contributed by atoms with E-state index in [9.17, 15) is 9.18 Å². The number of hydrogen-bond acceptors (Lipinski definition) is 4. The average molecular weight is 376 g/mol. The van der Waals surface area contributed by atoms with E-state index >= 15 is 0 Å². The summed E-state index contributed by atoms with van der Waals surface area (Å²) in [5, 5.41) is 3.17. The molecule has 0 radical (unpaired) electrons. The fraction of sp³-hybridized carbons (Fsp3) is 0.182. The minimum absolute atomic E-state index is 0.0736. The lowest BCUT2D eigenvalue weighted by molar-refractivity contribution is 0.0741. The molecule has 1 aromatic heterocycles. The molecule has 2 heterocycles. The van der Waals surface area contributed by atoms with Gasteiger partial charge in [-0.25, -0.2) is 4.39 Å². The zero-order valence-electron chi connectivity index (χ0n) is 15.4. The van der Waals surface area contributed by atoms with Gasteiger partial charge in [0.05, 0.1) is 0 Å². The van der Waals surface area contributed by atoms with Crippen LogP contribution in [0.1, 0.15) is 10.5 Å². The second kappa shape index (κ2) is 8.08. The number of carbonyl (C=O) groups excluding carboxylic acids is 1. The number of aromatic nitrogens is 1. The Balaban J connectivity index is 1.40. The molecule has 0 atom stereocenters. The van der Waals surface area contributed by atoms with Gasteiger partial charge >= 0.3 is 0 Å². The Labute approximate surface area is 163 Å². The Hall–Kier alpha value is -3.41. The lowest BCUT2D eigenvalue weighted by Gasteiger charge is -2.36. The maximum absolute atomic E-state index is 13.0. The van der Waals surface area contributed by atoms with E-state index in [4.69, 9.17) is 0 Å². The van der Waals surface area contributed by atoms with Crippen LogP contribution in [0.5, 0.6) is 0 Å². The minimum atomic E-state index is -0.286. The maximum atomic E-state index is 13.0. The van der Waals surface area contributed by atoms with Gasteiger partial charge in [-0.1, -0.05) is 18.2 Å². The number of anilines is 3. The van der Waals surface area contributed by atoms with Crippen molar-refractivity contribution in [2.24, 2.45) is 0 Å². The van der Waals surface area contributed by atoms with Crippen molar-refractivity contribution in [3.8, 4) is 0 Å². The van der Waals surface area contributed by atoms with Gasteiger partial charge in [0, 0.05) is 49.4 Å². The van der Waals surface area contributed by atoms with Crippen molar-refractivity contribution in [3.63, 3.8) is 0 Å². The summed E-state index contributed by atoms with van der Waals surface area (Å²) in [7, 11) is 0. The molecule has 0 bridgehead atoms. The van der Waals surface area contributed by atoms with E-state index in [0.717, 1.165) is 24.5 Å². The molecule has 1 aliphatic heterocycles. The first kappa shape index (κ1) is 18.0. The van der Waals surface area contributed by atoms with E-state index in [0.29, 0.717) is 18.8 Å². The lowest BCUT2D eigenvalue weighted by atomic mass is 10.2. The Bertz CT molecular complexity index is 938. The van der Waals surface area contributed by atoms with Crippen LogP contribution in [0.3, 0.4) is 0 Å². The highest BCUT2D eigenvalue weighted by Crippen LogP contribution is 2.19. The zero-order chi connectivity index (χ0) is 19.3. The number of para-hydroxylation sites is 1. The van der Waals surface area contributed by atoms with Crippen LogP contribution in [-0.4, -0.2) is 42.0 Å². The molecule has 1 amide bonds. The normalized spacial score (nSPS) is 14.0.